The quantitative estimate of drug-likeness (QED) is 0.480. The van der Waals surface area contributed by atoms with Crippen molar-refractivity contribution in [1.82, 2.24) is 0 Å². The predicted octanol–water partition coefficient (Wildman–Crippen LogP) is 0.118. The fourth-order valence-electron chi connectivity index (χ4n) is 2.44. The van der Waals surface area contributed by atoms with E-state index in [1.54, 1.807) is 12.2 Å². The third-order valence-electron chi connectivity index (χ3n) is 3.73. The number of rotatable bonds is 5. The minimum Gasteiger partial charge on any atom is -0.388 e. The maximum atomic E-state index is 11.0. The predicted molar refractivity (Wildman–Crippen MR) is 83.7 cm³/mol. The highest BCUT2D eigenvalue weighted by molar-refractivity contribution is 7.51. The Morgan fingerprint density at radius 2 is 1.70 bits per heavy atom. The summed E-state index contributed by atoms with van der Waals surface area (Å²) in [6.45, 7) is 0. The van der Waals surface area contributed by atoms with Crippen LogP contribution in [0.15, 0.2) is 36.4 Å². The SMILES string of the molecule is O=P(O)(O)CC[C@H]1O[C@H](/C=C/c2ccccc2)[C@@H](O)[C@@H](O)[C@@H]1O. The van der Waals surface area contributed by atoms with Gasteiger partial charge in [0.1, 0.15) is 24.4 Å². The summed E-state index contributed by atoms with van der Waals surface area (Å²) in [6.07, 6.45) is -3.35. The number of hydrogen-bond acceptors (Lipinski definition) is 5. The molecule has 5 atom stereocenters. The topological polar surface area (TPSA) is 127 Å². The summed E-state index contributed by atoms with van der Waals surface area (Å²) >= 11 is 0. The van der Waals surface area contributed by atoms with Crippen LogP contribution in [0.4, 0.5) is 0 Å². The molecule has 2 rings (SSSR count). The summed E-state index contributed by atoms with van der Waals surface area (Å²) in [7, 11) is -4.23. The van der Waals surface area contributed by atoms with Crippen LogP contribution in [-0.4, -0.2) is 61.8 Å². The molecule has 1 aliphatic rings. The number of ether oxygens (including phenoxy) is 1. The highest BCUT2D eigenvalue weighted by Crippen LogP contribution is 2.37. The molecule has 0 saturated carbocycles. The fraction of sp³-hybridized carbons (Fsp3) is 0.467. The molecule has 0 spiro atoms. The second-order valence-electron chi connectivity index (χ2n) is 5.56. The molecular formula is C15H21O7P. The molecular weight excluding hydrogens is 323 g/mol. The molecule has 1 aromatic carbocycles. The van der Waals surface area contributed by atoms with Gasteiger partial charge < -0.3 is 29.8 Å². The van der Waals surface area contributed by atoms with Crippen LogP contribution in [0, 0.1) is 0 Å². The van der Waals surface area contributed by atoms with Gasteiger partial charge in [-0.3, -0.25) is 4.57 Å². The Hall–Kier alpha value is -1.05. The van der Waals surface area contributed by atoms with Crippen LogP contribution in [-0.2, 0) is 9.30 Å². The lowest BCUT2D eigenvalue weighted by molar-refractivity contribution is -0.209. The Kier molecular flexibility index (Phi) is 6.11. The Morgan fingerprint density at radius 1 is 1.04 bits per heavy atom. The van der Waals surface area contributed by atoms with Crippen molar-refractivity contribution >= 4 is 13.7 Å². The van der Waals surface area contributed by atoms with Crippen molar-refractivity contribution < 1.29 is 34.4 Å². The number of hydrogen-bond donors (Lipinski definition) is 5. The minimum absolute atomic E-state index is 0.120. The van der Waals surface area contributed by atoms with E-state index in [0.717, 1.165) is 5.56 Å². The smallest absolute Gasteiger partial charge is 0.325 e. The Balaban J connectivity index is 2.06. The largest absolute Gasteiger partial charge is 0.388 e. The normalized spacial score (nSPS) is 32.3. The van der Waals surface area contributed by atoms with Gasteiger partial charge in [-0.05, 0) is 12.0 Å². The first-order valence-electron chi connectivity index (χ1n) is 7.25. The zero-order chi connectivity index (χ0) is 17.0. The maximum Gasteiger partial charge on any atom is 0.325 e. The summed E-state index contributed by atoms with van der Waals surface area (Å²) in [5.74, 6) is 0. The van der Waals surface area contributed by atoms with E-state index < -0.39 is 44.3 Å². The molecule has 1 aliphatic heterocycles. The summed E-state index contributed by atoms with van der Waals surface area (Å²) in [6, 6.07) is 9.25. The summed E-state index contributed by atoms with van der Waals surface area (Å²) in [5.41, 5.74) is 0.871. The molecule has 1 aromatic rings. The number of aliphatic hydroxyl groups is 3. The summed E-state index contributed by atoms with van der Waals surface area (Å²) in [4.78, 5) is 17.8. The molecule has 128 valence electrons. The van der Waals surface area contributed by atoms with E-state index >= 15 is 0 Å². The van der Waals surface area contributed by atoms with Crippen molar-refractivity contribution in [1.29, 1.82) is 0 Å². The first kappa shape index (κ1) is 18.3. The molecule has 0 amide bonds. The Bertz CT molecular complexity index is 570. The molecule has 8 heteroatoms. The molecule has 0 radical (unpaired) electrons. The second kappa shape index (κ2) is 7.68. The van der Waals surface area contributed by atoms with Crippen molar-refractivity contribution in [2.45, 2.75) is 36.9 Å². The van der Waals surface area contributed by atoms with E-state index in [-0.39, 0.29) is 6.42 Å². The van der Waals surface area contributed by atoms with E-state index in [1.807, 2.05) is 30.3 Å². The molecule has 0 unspecified atom stereocenters. The highest BCUT2D eigenvalue weighted by atomic mass is 31.2. The summed E-state index contributed by atoms with van der Waals surface area (Å²) in [5, 5.41) is 29.8. The third-order valence-corrected chi connectivity index (χ3v) is 4.57. The van der Waals surface area contributed by atoms with Crippen molar-refractivity contribution in [3.63, 3.8) is 0 Å². The van der Waals surface area contributed by atoms with E-state index in [0.29, 0.717) is 0 Å². The van der Waals surface area contributed by atoms with E-state index in [4.69, 9.17) is 14.5 Å². The van der Waals surface area contributed by atoms with Crippen molar-refractivity contribution in [3.8, 4) is 0 Å². The van der Waals surface area contributed by atoms with Gasteiger partial charge in [0.25, 0.3) is 0 Å². The van der Waals surface area contributed by atoms with Crippen molar-refractivity contribution in [2.75, 3.05) is 6.16 Å². The molecule has 0 bridgehead atoms. The van der Waals surface area contributed by atoms with Gasteiger partial charge in [-0.15, -0.1) is 0 Å². The lowest BCUT2D eigenvalue weighted by Gasteiger charge is -2.39. The first-order chi connectivity index (χ1) is 10.8. The van der Waals surface area contributed by atoms with Crippen LogP contribution in [0.5, 0.6) is 0 Å². The number of aliphatic hydroxyl groups excluding tert-OH is 3. The van der Waals surface area contributed by atoms with Crippen LogP contribution < -0.4 is 0 Å². The zero-order valence-electron chi connectivity index (χ0n) is 12.3. The van der Waals surface area contributed by atoms with Gasteiger partial charge in [-0.2, -0.15) is 0 Å². The standard InChI is InChI=1S/C15H21O7P/c16-13-11(7-6-10-4-2-1-3-5-10)22-12(14(17)15(13)18)8-9-23(19,20)21/h1-7,11-18H,8-9H2,(H2,19,20,21)/b7-6+/t11-,12-,13-,14-,15-/m1/s1. The zero-order valence-corrected chi connectivity index (χ0v) is 13.2. The van der Waals surface area contributed by atoms with Crippen LogP contribution in [0.25, 0.3) is 6.08 Å². The molecule has 1 heterocycles. The molecule has 0 aromatic heterocycles. The molecule has 5 N–H and O–H groups in total. The van der Waals surface area contributed by atoms with Crippen molar-refractivity contribution in [3.05, 3.63) is 42.0 Å². The fourth-order valence-corrected chi connectivity index (χ4v) is 3.03. The monoisotopic (exact) mass is 344 g/mol. The van der Waals surface area contributed by atoms with Gasteiger partial charge in [0.2, 0.25) is 0 Å². The third kappa shape index (κ3) is 5.22. The van der Waals surface area contributed by atoms with E-state index in [1.165, 1.54) is 0 Å². The Morgan fingerprint density at radius 3 is 2.30 bits per heavy atom. The molecule has 1 saturated heterocycles. The van der Waals surface area contributed by atoms with Crippen LogP contribution in [0.1, 0.15) is 12.0 Å². The van der Waals surface area contributed by atoms with Gasteiger partial charge in [0.15, 0.2) is 0 Å². The molecule has 0 aliphatic carbocycles. The highest BCUT2D eigenvalue weighted by Gasteiger charge is 2.42. The first-order valence-corrected chi connectivity index (χ1v) is 9.05. The summed E-state index contributed by atoms with van der Waals surface area (Å²) < 4.78 is 16.5. The molecule has 1 fully saturated rings. The Labute approximate surface area is 134 Å². The second-order valence-corrected chi connectivity index (χ2v) is 7.33. The van der Waals surface area contributed by atoms with E-state index in [2.05, 4.69) is 0 Å². The van der Waals surface area contributed by atoms with E-state index in [9.17, 15) is 19.9 Å². The van der Waals surface area contributed by atoms with Gasteiger partial charge in [-0.1, -0.05) is 42.5 Å². The van der Waals surface area contributed by atoms with Gasteiger partial charge >= 0.3 is 7.60 Å². The van der Waals surface area contributed by atoms with Gasteiger partial charge in [0.05, 0.1) is 12.3 Å². The average molecular weight is 344 g/mol. The van der Waals surface area contributed by atoms with Gasteiger partial charge in [0, 0.05) is 0 Å². The van der Waals surface area contributed by atoms with Crippen LogP contribution >= 0.6 is 7.60 Å². The lowest BCUT2D eigenvalue weighted by Crippen LogP contribution is -2.57. The lowest BCUT2D eigenvalue weighted by atomic mass is 9.93. The molecule has 7 nitrogen and oxygen atoms in total. The van der Waals surface area contributed by atoms with Crippen molar-refractivity contribution in [2.24, 2.45) is 0 Å². The number of benzene rings is 1. The average Bonchev–Trinajstić information content (AvgIpc) is 2.51. The van der Waals surface area contributed by atoms with Gasteiger partial charge in [-0.25, -0.2) is 0 Å². The molecule has 23 heavy (non-hydrogen) atoms. The van der Waals surface area contributed by atoms with Crippen LogP contribution in [0.2, 0.25) is 0 Å². The van der Waals surface area contributed by atoms with Crippen LogP contribution in [0.3, 0.4) is 0 Å². The maximum absolute atomic E-state index is 11.0. The minimum atomic E-state index is -4.23.